The van der Waals surface area contributed by atoms with Gasteiger partial charge in [0.1, 0.15) is 29.7 Å². The first-order valence-electron chi connectivity index (χ1n) is 7.63. The predicted molar refractivity (Wildman–Crippen MR) is 79.3 cm³/mol. The van der Waals surface area contributed by atoms with Gasteiger partial charge < -0.3 is 25.4 Å². The van der Waals surface area contributed by atoms with Crippen LogP contribution in [-0.2, 0) is 14.3 Å². The van der Waals surface area contributed by atoms with Crippen LogP contribution in [0.25, 0.3) is 11.2 Å². The number of nitrogens with zero attached hydrogens (tertiary/aromatic N) is 4. The lowest BCUT2D eigenvalue weighted by atomic mass is 10.1. The zero-order chi connectivity index (χ0) is 17.1. The maximum absolute atomic E-state index is 11.9. The normalized spacial score (nSPS) is 34.8. The second-order valence-electron chi connectivity index (χ2n) is 5.99. The molecule has 0 bridgehead atoms. The summed E-state index contributed by atoms with van der Waals surface area (Å²) >= 11 is 0. The zero-order valence-electron chi connectivity index (χ0n) is 12.9. The molecule has 3 unspecified atom stereocenters. The fraction of sp³-hybridized carbons (Fsp3) is 0.571. The number of anilines is 1. The van der Waals surface area contributed by atoms with Gasteiger partial charge >= 0.3 is 5.97 Å². The Morgan fingerprint density at radius 3 is 3.04 bits per heavy atom. The first-order valence-corrected chi connectivity index (χ1v) is 7.63. The van der Waals surface area contributed by atoms with Crippen molar-refractivity contribution in [1.82, 2.24) is 19.5 Å². The van der Waals surface area contributed by atoms with Gasteiger partial charge in [-0.15, -0.1) is 0 Å². The molecule has 0 radical (unpaired) electrons. The third-order valence-electron chi connectivity index (χ3n) is 4.64. The van der Waals surface area contributed by atoms with E-state index in [1.54, 1.807) is 6.92 Å². The van der Waals surface area contributed by atoms with Crippen LogP contribution in [0.3, 0.4) is 0 Å². The lowest BCUT2D eigenvalue weighted by Gasteiger charge is -2.16. The average Bonchev–Trinajstić information content (AvgIpc) is 3.05. The molecule has 10 nitrogen and oxygen atoms in total. The van der Waals surface area contributed by atoms with Gasteiger partial charge in [-0.25, -0.2) is 15.0 Å². The van der Waals surface area contributed by atoms with Gasteiger partial charge in [-0.1, -0.05) is 0 Å². The maximum Gasteiger partial charge on any atom is 0.312 e. The number of aromatic nitrogens is 4. The number of ether oxygens (including phenoxy) is 2. The van der Waals surface area contributed by atoms with E-state index in [0.29, 0.717) is 17.6 Å². The number of carbonyl (C=O) groups is 1. The van der Waals surface area contributed by atoms with Gasteiger partial charge in [-0.2, -0.15) is 0 Å². The molecule has 1 saturated carbocycles. The van der Waals surface area contributed by atoms with Gasteiger partial charge in [0.2, 0.25) is 0 Å². The molecule has 1 aliphatic heterocycles. The average molecular weight is 335 g/mol. The van der Waals surface area contributed by atoms with Gasteiger partial charge in [-0.3, -0.25) is 9.36 Å². The fourth-order valence-corrected chi connectivity index (χ4v) is 3.33. The van der Waals surface area contributed by atoms with Crippen molar-refractivity contribution >= 4 is 23.0 Å². The van der Waals surface area contributed by atoms with Crippen LogP contribution in [0.1, 0.15) is 19.6 Å². The molecular formula is C14H17N5O5. The van der Waals surface area contributed by atoms with Crippen LogP contribution in [-0.4, -0.2) is 60.1 Å². The minimum atomic E-state index is -1.24. The van der Waals surface area contributed by atoms with Crippen molar-refractivity contribution in [3.8, 4) is 0 Å². The van der Waals surface area contributed by atoms with Gasteiger partial charge in [0, 0.05) is 0 Å². The Morgan fingerprint density at radius 2 is 2.29 bits per heavy atom. The molecule has 0 aromatic carbocycles. The second-order valence-corrected chi connectivity index (χ2v) is 5.99. The smallest absolute Gasteiger partial charge is 0.312 e. The highest BCUT2D eigenvalue weighted by Crippen LogP contribution is 2.58. The van der Waals surface area contributed by atoms with Crippen LogP contribution in [0.4, 0.5) is 5.82 Å². The molecule has 10 heteroatoms. The largest absolute Gasteiger partial charge is 0.466 e. The van der Waals surface area contributed by atoms with Crippen molar-refractivity contribution < 1.29 is 24.5 Å². The number of aliphatic hydroxyl groups is 2. The number of carbonyl (C=O) groups excluding carboxylic acids is 1. The highest BCUT2D eigenvalue weighted by Gasteiger charge is 2.72. The molecule has 4 rings (SSSR count). The summed E-state index contributed by atoms with van der Waals surface area (Å²) in [5, 5.41) is 20.8. The van der Waals surface area contributed by atoms with Crippen LogP contribution < -0.4 is 5.73 Å². The number of nitrogen functional groups attached to an aromatic ring is 1. The zero-order valence-corrected chi connectivity index (χ0v) is 12.9. The third-order valence-corrected chi connectivity index (χ3v) is 4.64. The molecule has 3 heterocycles. The highest BCUT2D eigenvalue weighted by atomic mass is 16.6. The Balaban J connectivity index is 1.66. The Labute approximate surface area is 136 Å². The summed E-state index contributed by atoms with van der Waals surface area (Å²) in [6, 6.07) is 0. The first-order chi connectivity index (χ1) is 11.5. The van der Waals surface area contributed by atoms with Gasteiger partial charge in [0.15, 0.2) is 17.7 Å². The summed E-state index contributed by atoms with van der Waals surface area (Å²) in [5.74, 6) is -0.828. The summed E-state index contributed by atoms with van der Waals surface area (Å²) < 4.78 is 12.3. The summed E-state index contributed by atoms with van der Waals surface area (Å²) in [6.07, 6.45) is -0.395. The van der Waals surface area contributed by atoms with Crippen molar-refractivity contribution in [1.29, 1.82) is 0 Å². The summed E-state index contributed by atoms with van der Waals surface area (Å²) in [7, 11) is 0. The molecule has 1 saturated heterocycles. The van der Waals surface area contributed by atoms with E-state index in [-0.39, 0.29) is 12.4 Å². The van der Waals surface area contributed by atoms with Crippen LogP contribution in [0, 0.1) is 5.92 Å². The van der Waals surface area contributed by atoms with E-state index >= 15 is 0 Å². The highest BCUT2D eigenvalue weighted by molar-refractivity contribution is 5.81. The van der Waals surface area contributed by atoms with Crippen LogP contribution >= 0.6 is 0 Å². The topological polar surface area (TPSA) is 146 Å². The van der Waals surface area contributed by atoms with E-state index in [1.165, 1.54) is 17.2 Å². The van der Waals surface area contributed by atoms with Crippen molar-refractivity contribution in [3.63, 3.8) is 0 Å². The molecule has 5 atom stereocenters. The summed E-state index contributed by atoms with van der Waals surface area (Å²) in [4.78, 5) is 24.0. The number of aliphatic hydroxyl groups excluding tert-OH is 2. The number of hydrogen-bond donors (Lipinski definition) is 3. The minimum absolute atomic E-state index is 0.206. The van der Waals surface area contributed by atoms with E-state index in [4.69, 9.17) is 15.2 Å². The monoisotopic (exact) mass is 335 g/mol. The molecule has 0 amide bonds. The van der Waals surface area contributed by atoms with Crippen molar-refractivity contribution in [3.05, 3.63) is 12.7 Å². The first kappa shape index (κ1) is 15.2. The van der Waals surface area contributed by atoms with Gasteiger partial charge in [-0.05, 0) is 13.3 Å². The lowest BCUT2D eigenvalue weighted by Crippen LogP contribution is -2.35. The fourth-order valence-electron chi connectivity index (χ4n) is 3.33. The van der Waals surface area contributed by atoms with Crippen LogP contribution in [0.5, 0.6) is 0 Å². The number of esters is 1. The Bertz CT molecular complexity index is 810. The van der Waals surface area contributed by atoms with Gasteiger partial charge in [0.25, 0.3) is 0 Å². The number of rotatable bonds is 3. The minimum Gasteiger partial charge on any atom is -0.466 e. The Kier molecular flexibility index (Phi) is 3.24. The van der Waals surface area contributed by atoms with Crippen molar-refractivity contribution in [2.24, 2.45) is 5.92 Å². The van der Waals surface area contributed by atoms with Crippen molar-refractivity contribution in [2.75, 3.05) is 12.3 Å². The molecule has 24 heavy (non-hydrogen) atoms. The Hall–Kier alpha value is -2.30. The molecule has 128 valence electrons. The molecule has 1 spiro atoms. The standard InChI is InChI=1S/C14H17N5O5/c1-2-23-13(22)6-3-14(6)9(21)8(20)12(24-14)19-5-18-7-10(15)16-4-17-11(7)19/h4-6,8-9,12,20-21H,2-3H2,1H3,(H2,15,16,17)/t6-,8?,9?,12?,14+/m0/s1. The number of imidazole rings is 1. The number of hydrogen-bond acceptors (Lipinski definition) is 9. The molecule has 2 aromatic heterocycles. The van der Waals surface area contributed by atoms with Gasteiger partial charge in [0.05, 0.1) is 18.9 Å². The molecule has 2 aliphatic rings. The molecular weight excluding hydrogens is 318 g/mol. The molecule has 2 fully saturated rings. The van der Waals surface area contributed by atoms with E-state index in [1.807, 2.05) is 0 Å². The quantitative estimate of drug-likeness (QED) is 0.600. The summed E-state index contributed by atoms with van der Waals surface area (Å²) in [5.41, 5.74) is 5.37. The number of nitrogens with two attached hydrogens (primary N) is 1. The SMILES string of the molecule is CCOC(=O)[C@@H]1C[C@@]12OC(n1cnc3c(N)ncnc31)C(O)C2O. The molecule has 4 N–H and O–H groups in total. The molecule has 1 aliphatic carbocycles. The van der Waals surface area contributed by atoms with E-state index in [2.05, 4.69) is 15.0 Å². The lowest BCUT2D eigenvalue weighted by molar-refractivity contribution is -0.148. The third kappa shape index (κ3) is 1.93. The van der Waals surface area contributed by atoms with E-state index in [0.717, 1.165) is 0 Å². The van der Waals surface area contributed by atoms with Crippen LogP contribution in [0.15, 0.2) is 12.7 Å². The van der Waals surface area contributed by atoms with Crippen LogP contribution in [0.2, 0.25) is 0 Å². The second kappa shape index (κ2) is 5.10. The summed E-state index contributed by atoms with van der Waals surface area (Å²) in [6.45, 7) is 1.95. The Morgan fingerprint density at radius 1 is 1.50 bits per heavy atom. The van der Waals surface area contributed by atoms with Crippen molar-refractivity contribution in [2.45, 2.75) is 37.4 Å². The van der Waals surface area contributed by atoms with E-state index < -0.39 is 35.9 Å². The van der Waals surface area contributed by atoms with E-state index in [9.17, 15) is 15.0 Å². The predicted octanol–water partition coefficient (Wildman–Crippen LogP) is -1.02. The number of fused-ring (bicyclic) bond motifs is 1. The maximum atomic E-state index is 11.9. The molecule has 2 aromatic rings.